The zero-order chi connectivity index (χ0) is 36.7. The minimum absolute atomic E-state index is 0.672. The molecule has 12 rings (SSSR count). The van der Waals surface area contributed by atoms with Crippen LogP contribution in [0.3, 0.4) is 0 Å². The Morgan fingerprint density at radius 2 is 0.875 bits per heavy atom. The molecule has 3 aromatic heterocycles. The molecule has 0 saturated heterocycles. The van der Waals surface area contributed by atoms with Gasteiger partial charge in [0.15, 0.2) is 11.6 Å². The van der Waals surface area contributed by atoms with Crippen molar-refractivity contribution in [1.82, 2.24) is 23.9 Å². The predicted octanol–water partition coefficient (Wildman–Crippen LogP) is 12.4. The van der Waals surface area contributed by atoms with Crippen LogP contribution in [0, 0.1) is 0 Å². The van der Waals surface area contributed by atoms with Crippen LogP contribution in [0.5, 0.6) is 0 Å². The van der Waals surface area contributed by atoms with E-state index in [1.54, 1.807) is 0 Å². The second-order valence-corrected chi connectivity index (χ2v) is 14.7. The Morgan fingerprint density at radius 3 is 1.48 bits per heavy atom. The summed E-state index contributed by atoms with van der Waals surface area (Å²) in [6.45, 7) is 0. The zero-order valence-electron chi connectivity index (χ0n) is 30.3. The normalized spacial score (nSPS) is 12.2. The van der Waals surface area contributed by atoms with Crippen LogP contribution < -0.4 is 0 Å². The fraction of sp³-hybridized carbons (Fsp3) is 0.0196. The molecule has 262 valence electrons. The molecule has 0 aliphatic heterocycles. The summed E-state index contributed by atoms with van der Waals surface area (Å²) in [6.07, 6.45) is 0.942. The van der Waals surface area contributed by atoms with Crippen LogP contribution in [0.2, 0.25) is 0 Å². The molecule has 0 N–H and O–H groups in total. The van der Waals surface area contributed by atoms with Crippen molar-refractivity contribution in [3.05, 3.63) is 199 Å². The third kappa shape index (κ3) is 4.61. The Balaban J connectivity index is 1.06. The zero-order valence-corrected chi connectivity index (χ0v) is 30.3. The predicted molar refractivity (Wildman–Crippen MR) is 229 cm³/mol. The van der Waals surface area contributed by atoms with E-state index in [9.17, 15) is 0 Å². The lowest BCUT2D eigenvalue weighted by Crippen LogP contribution is -2.01. The molecule has 0 atom stereocenters. The molecular weight excluding hydrogens is 683 g/mol. The van der Waals surface area contributed by atoms with Crippen LogP contribution in [0.15, 0.2) is 188 Å². The van der Waals surface area contributed by atoms with E-state index in [2.05, 4.69) is 197 Å². The molecule has 56 heavy (non-hydrogen) atoms. The number of rotatable bonds is 5. The van der Waals surface area contributed by atoms with Gasteiger partial charge in [0.1, 0.15) is 0 Å². The van der Waals surface area contributed by atoms with Crippen molar-refractivity contribution in [1.29, 1.82) is 0 Å². The summed E-state index contributed by atoms with van der Waals surface area (Å²) in [5.74, 6) is 1.46. The Hall–Kier alpha value is -7.50. The number of hydrogen-bond donors (Lipinski definition) is 0. The van der Waals surface area contributed by atoms with Crippen molar-refractivity contribution < 1.29 is 0 Å². The van der Waals surface area contributed by atoms with E-state index >= 15 is 0 Å². The smallest absolute Gasteiger partial charge is 0.182 e. The molecule has 0 amide bonds. The van der Waals surface area contributed by atoms with Gasteiger partial charge in [-0.3, -0.25) is 0 Å². The molecule has 5 heteroatoms. The molecule has 0 saturated carbocycles. The number of aromatic nitrogens is 5. The van der Waals surface area contributed by atoms with E-state index in [0.717, 1.165) is 40.4 Å². The maximum Gasteiger partial charge on any atom is 0.182 e. The number of nitrogens with zero attached hydrogens (tertiary/aromatic N) is 5. The quantitative estimate of drug-likeness (QED) is 0.178. The van der Waals surface area contributed by atoms with Crippen molar-refractivity contribution in [2.75, 3.05) is 0 Å². The van der Waals surface area contributed by atoms with Crippen LogP contribution in [-0.2, 0) is 6.42 Å². The van der Waals surface area contributed by atoms with Crippen molar-refractivity contribution in [2.45, 2.75) is 6.42 Å². The summed E-state index contributed by atoms with van der Waals surface area (Å²) < 4.78 is 6.74. The van der Waals surface area contributed by atoms with E-state index in [4.69, 9.17) is 10.1 Å². The van der Waals surface area contributed by atoms with Crippen LogP contribution in [0.1, 0.15) is 11.1 Å². The molecule has 5 nitrogen and oxygen atoms in total. The Labute approximate surface area is 323 Å². The highest BCUT2D eigenvalue weighted by Crippen LogP contribution is 2.39. The topological polar surface area (TPSA) is 40.6 Å². The van der Waals surface area contributed by atoms with Gasteiger partial charge in [-0.25, -0.2) is 9.67 Å². The third-order valence-electron chi connectivity index (χ3n) is 11.5. The van der Waals surface area contributed by atoms with Gasteiger partial charge in [0.25, 0.3) is 0 Å². The average Bonchev–Trinajstić information content (AvgIpc) is 4.03. The number of fused-ring (bicyclic) bond motifs is 9. The Kier molecular flexibility index (Phi) is 6.63. The van der Waals surface area contributed by atoms with Gasteiger partial charge in [-0.05, 0) is 89.3 Å². The minimum atomic E-state index is 0.672. The molecule has 1 aliphatic carbocycles. The lowest BCUT2D eigenvalue weighted by atomic mass is 10.1. The highest BCUT2D eigenvalue weighted by atomic mass is 15.4. The summed E-state index contributed by atoms with van der Waals surface area (Å²) in [4.78, 5) is 5.39. The van der Waals surface area contributed by atoms with Gasteiger partial charge in [-0.2, -0.15) is 0 Å². The molecule has 11 aromatic rings. The molecule has 8 aromatic carbocycles. The van der Waals surface area contributed by atoms with E-state index in [-0.39, 0.29) is 0 Å². The molecule has 0 fully saturated rings. The van der Waals surface area contributed by atoms with Gasteiger partial charge in [0.2, 0.25) is 0 Å². The molecule has 0 spiro atoms. The second-order valence-electron chi connectivity index (χ2n) is 14.7. The second kappa shape index (κ2) is 12.0. The Bertz CT molecular complexity index is 3250. The van der Waals surface area contributed by atoms with Gasteiger partial charge in [-0.15, -0.1) is 5.10 Å². The van der Waals surface area contributed by atoms with E-state index < -0.39 is 0 Å². The molecule has 1 aliphatic rings. The average molecular weight is 716 g/mol. The maximum absolute atomic E-state index is 5.39. The first-order chi connectivity index (χ1) is 27.8. The molecule has 0 radical (unpaired) electrons. The first-order valence-corrected chi connectivity index (χ1v) is 19.1. The first kappa shape index (κ1) is 30.9. The minimum Gasteiger partial charge on any atom is -0.309 e. The summed E-state index contributed by atoms with van der Waals surface area (Å²) in [6, 6.07) is 67.3. The maximum atomic E-state index is 5.39. The number of para-hydroxylation sites is 4. The highest BCUT2D eigenvalue weighted by Gasteiger charge is 2.22. The van der Waals surface area contributed by atoms with Crippen molar-refractivity contribution in [2.24, 2.45) is 0 Å². The van der Waals surface area contributed by atoms with Crippen molar-refractivity contribution >= 4 is 43.6 Å². The number of hydrogen-bond acceptors (Lipinski definition) is 2. The fourth-order valence-corrected chi connectivity index (χ4v) is 9.01. The highest BCUT2D eigenvalue weighted by molar-refractivity contribution is 6.10. The van der Waals surface area contributed by atoms with Crippen LogP contribution in [-0.4, -0.2) is 23.9 Å². The molecule has 3 heterocycles. The van der Waals surface area contributed by atoms with E-state index in [1.807, 2.05) is 4.68 Å². The molecular formula is C51H33N5. The largest absolute Gasteiger partial charge is 0.309 e. The third-order valence-corrected chi connectivity index (χ3v) is 11.5. The first-order valence-electron chi connectivity index (χ1n) is 19.1. The number of benzene rings is 8. The van der Waals surface area contributed by atoms with Crippen LogP contribution in [0.25, 0.3) is 94.6 Å². The summed E-state index contributed by atoms with van der Waals surface area (Å²) in [5, 5.41) is 10.3. The standard InChI is InChI=1S/C51H33N5/c1-2-18-40-33(13-1)29-34-27-28-39(32-45(34)40)56-51(36-15-12-17-38(31-36)55-48-25-9-5-21-43(48)44-22-6-10-26-49(44)55)52-50(53-56)35-14-11-16-37(30-35)54-46-23-7-3-19-41(46)42-20-4-8-24-47(42)54/h1-28,30-32H,29H2. The van der Waals surface area contributed by atoms with Crippen LogP contribution in [0.4, 0.5) is 0 Å². The monoisotopic (exact) mass is 715 g/mol. The lowest BCUT2D eigenvalue weighted by Gasteiger charge is -2.12. The van der Waals surface area contributed by atoms with Crippen molar-refractivity contribution in [3.8, 4) is 51.0 Å². The van der Waals surface area contributed by atoms with Gasteiger partial charge in [-0.1, -0.05) is 127 Å². The fourth-order valence-electron chi connectivity index (χ4n) is 9.01. The van der Waals surface area contributed by atoms with Gasteiger partial charge in [0.05, 0.1) is 27.8 Å². The van der Waals surface area contributed by atoms with Crippen LogP contribution >= 0.6 is 0 Å². The van der Waals surface area contributed by atoms with E-state index in [1.165, 1.54) is 65.9 Å². The lowest BCUT2D eigenvalue weighted by molar-refractivity contribution is 0.890. The summed E-state index contributed by atoms with van der Waals surface area (Å²) in [5.41, 5.74) is 15.0. The SMILES string of the molecule is c1cc(-c2nc(-c3cccc(-n4c5ccccc5c5ccccc54)c3)n(-c3ccc4c(c3)-c3ccccc3C4)n2)cc(-n2c3ccccc3c3ccccc32)c1. The molecule has 0 bridgehead atoms. The van der Waals surface area contributed by atoms with Gasteiger partial charge in [0, 0.05) is 44.0 Å². The van der Waals surface area contributed by atoms with E-state index in [0.29, 0.717) is 5.82 Å². The summed E-state index contributed by atoms with van der Waals surface area (Å²) in [7, 11) is 0. The Morgan fingerprint density at radius 1 is 0.375 bits per heavy atom. The van der Waals surface area contributed by atoms with Crippen molar-refractivity contribution in [3.63, 3.8) is 0 Å². The van der Waals surface area contributed by atoms with Gasteiger partial charge < -0.3 is 9.13 Å². The molecule has 0 unspecified atom stereocenters. The summed E-state index contributed by atoms with van der Waals surface area (Å²) >= 11 is 0. The van der Waals surface area contributed by atoms with Gasteiger partial charge >= 0.3 is 0 Å².